The Morgan fingerprint density at radius 1 is 0.500 bits per heavy atom. The van der Waals surface area contributed by atoms with Crippen LogP contribution in [0.5, 0.6) is 0 Å². The maximum Gasteiger partial charge on any atom is 0.0272 e. The Morgan fingerprint density at radius 2 is 0.846 bits per heavy atom. The molecule has 0 radical (unpaired) electrons. The molecular formula is C24H26N2. The molecule has 4 aromatic carbocycles. The Morgan fingerprint density at radius 3 is 1.23 bits per heavy atom. The van der Waals surface area contributed by atoms with Gasteiger partial charge in [0.2, 0.25) is 0 Å². The molecule has 0 aliphatic rings. The number of rotatable bonds is 2. The molecule has 0 aromatic heterocycles. The first-order valence-electron chi connectivity index (χ1n) is 9.04. The van der Waals surface area contributed by atoms with E-state index in [1.54, 1.807) is 0 Å². The minimum absolute atomic E-state index is 0.103. The van der Waals surface area contributed by atoms with Gasteiger partial charge in [0, 0.05) is 12.1 Å². The van der Waals surface area contributed by atoms with E-state index in [9.17, 15) is 0 Å². The lowest BCUT2D eigenvalue weighted by Gasteiger charge is -2.09. The van der Waals surface area contributed by atoms with Crippen molar-refractivity contribution < 1.29 is 0 Å². The Kier molecular flexibility index (Phi) is 5.67. The Balaban J connectivity index is 0.000000151. The molecule has 0 amide bonds. The van der Waals surface area contributed by atoms with Crippen molar-refractivity contribution in [1.29, 1.82) is 0 Å². The third-order valence-corrected chi connectivity index (χ3v) is 4.63. The minimum atomic E-state index is 0.103. The molecule has 4 aromatic rings. The molecule has 0 heterocycles. The molecule has 0 spiro atoms. The summed E-state index contributed by atoms with van der Waals surface area (Å²) in [5.74, 6) is 0. The zero-order valence-corrected chi connectivity index (χ0v) is 15.4. The molecule has 4 rings (SSSR count). The van der Waals surface area contributed by atoms with Crippen LogP contribution in [-0.4, -0.2) is 0 Å². The first-order chi connectivity index (χ1) is 12.6. The highest BCUT2D eigenvalue weighted by Crippen LogP contribution is 2.23. The molecule has 132 valence electrons. The fourth-order valence-electron chi connectivity index (χ4n) is 3.30. The minimum Gasteiger partial charge on any atom is -0.324 e. The van der Waals surface area contributed by atoms with Gasteiger partial charge in [-0.2, -0.15) is 0 Å². The van der Waals surface area contributed by atoms with E-state index in [1.165, 1.54) is 32.7 Å². The standard InChI is InChI=1S/2C12H13N/c2*1-9(13)11-8-4-6-10-5-2-3-7-12(10)11/h2*2-9H,13H2,1H3/t2*9-/m11/s1. The molecule has 0 fully saturated rings. The zero-order valence-electron chi connectivity index (χ0n) is 15.4. The predicted octanol–water partition coefficient (Wildman–Crippen LogP) is 5.72. The van der Waals surface area contributed by atoms with Crippen molar-refractivity contribution in [3.63, 3.8) is 0 Å². The molecule has 2 atom stereocenters. The quantitative estimate of drug-likeness (QED) is 0.489. The summed E-state index contributed by atoms with van der Waals surface area (Å²) in [6.45, 7) is 4.03. The monoisotopic (exact) mass is 342 g/mol. The van der Waals surface area contributed by atoms with Gasteiger partial charge in [-0.25, -0.2) is 0 Å². The van der Waals surface area contributed by atoms with Crippen molar-refractivity contribution in [3.05, 3.63) is 96.1 Å². The number of hydrogen-bond acceptors (Lipinski definition) is 2. The van der Waals surface area contributed by atoms with Crippen LogP contribution in [-0.2, 0) is 0 Å². The van der Waals surface area contributed by atoms with E-state index in [0.29, 0.717) is 0 Å². The summed E-state index contributed by atoms with van der Waals surface area (Å²) in [7, 11) is 0. The van der Waals surface area contributed by atoms with Crippen LogP contribution in [0.3, 0.4) is 0 Å². The predicted molar refractivity (Wildman–Crippen MR) is 113 cm³/mol. The second-order valence-corrected chi connectivity index (χ2v) is 6.71. The van der Waals surface area contributed by atoms with Crippen LogP contribution in [0.15, 0.2) is 84.9 Å². The lowest BCUT2D eigenvalue weighted by atomic mass is 10.0. The smallest absolute Gasteiger partial charge is 0.0272 e. The van der Waals surface area contributed by atoms with Crippen molar-refractivity contribution in [1.82, 2.24) is 0 Å². The average Bonchev–Trinajstić information content (AvgIpc) is 2.67. The SMILES string of the molecule is C[C@@H](N)c1cccc2ccccc12.C[C@@H](N)c1cccc2ccccc12. The summed E-state index contributed by atoms with van der Waals surface area (Å²) in [4.78, 5) is 0. The summed E-state index contributed by atoms with van der Waals surface area (Å²) in [5, 5.41) is 5.05. The highest BCUT2D eigenvalue weighted by atomic mass is 14.6. The third-order valence-electron chi connectivity index (χ3n) is 4.63. The Labute approximate surface area is 155 Å². The fraction of sp³-hybridized carbons (Fsp3) is 0.167. The summed E-state index contributed by atoms with van der Waals surface area (Å²) in [6, 6.07) is 29.4. The first kappa shape index (κ1) is 18.1. The summed E-state index contributed by atoms with van der Waals surface area (Å²) < 4.78 is 0. The Bertz CT molecular complexity index is 909. The van der Waals surface area contributed by atoms with E-state index >= 15 is 0 Å². The van der Waals surface area contributed by atoms with Crippen LogP contribution >= 0.6 is 0 Å². The lowest BCUT2D eigenvalue weighted by Crippen LogP contribution is -2.05. The summed E-state index contributed by atoms with van der Waals surface area (Å²) in [6.07, 6.45) is 0. The van der Waals surface area contributed by atoms with Gasteiger partial charge in [-0.15, -0.1) is 0 Å². The largest absolute Gasteiger partial charge is 0.324 e. The van der Waals surface area contributed by atoms with Gasteiger partial charge in [0.05, 0.1) is 0 Å². The van der Waals surface area contributed by atoms with Gasteiger partial charge in [-0.1, -0.05) is 84.9 Å². The molecule has 0 unspecified atom stereocenters. The molecule has 0 saturated heterocycles. The topological polar surface area (TPSA) is 52.0 Å². The molecule has 2 heteroatoms. The number of hydrogen-bond donors (Lipinski definition) is 2. The van der Waals surface area contributed by atoms with Crippen LogP contribution in [0.4, 0.5) is 0 Å². The van der Waals surface area contributed by atoms with Crippen LogP contribution < -0.4 is 11.5 Å². The van der Waals surface area contributed by atoms with Crippen LogP contribution in [0.2, 0.25) is 0 Å². The zero-order chi connectivity index (χ0) is 18.5. The van der Waals surface area contributed by atoms with E-state index in [0.717, 1.165) is 0 Å². The third kappa shape index (κ3) is 3.93. The van der Waals surface area contributed by atoms with E-state index in [-0.39, 0.29) is 12.1 Å². The molecule has 0 bridgehead atoms. The molecule has 26 heavy (non-hydrogen) atoms. The fourth-order valence-corrected chi connectivity index (χ4v) is 3.30. The summed E-state index contributed by atoms with van der Waals surface area (Å²) in [5.41, 5.74) is 14.2. The molecule has 0 saturated carbocycles. The number of fused-ring (bicyclic) bond motifs is 2. The molecule has 0 aliphatic carbocycles. The Hall–Kier alpha value is -2.68. The van der Waals surface area contributed by atoms with Crippen molar-refractivity contribution in [2.24, 2.45) is 11.5 Å². The van der Waals surface area contributed by atoms with E-state index in [2.05, 4.69) is 60.7 Å². The van der Waals surface area contributed by atoms with Crippen molar-refractivity contribution in [2.75, 3.05) is 0 Å². The molecule has 2 nitrogen and oxygen atoms in total. The highest BCUT2D eigenvalue weighted by molar-refractivity contribution is 5.86. The molecular weight excluding hydrogens is 316 g/mol. The van der Waals surface area contributed by atoms with Crippen molar-refractivity contribution >= 4 is 21.5 Å². The highest BCUT2D eigenvalue weighted by Gasteiger charge is 2.03. The lowest BCUT2D eigenvalue weighted by molar-refractivity contribution is 0.826. The van der Waals surface area contributed by atoms with Crippen molar-refractivity contribution in [3.8, 4) is 0 Å². The van der Waals surface area contributed by atoms with E-state index in [4.69, 9.17) is 11.5 Å². The average molecular weight is 342 g/mol. The summed E-state index contributed by atoms with van der Waals surface area (Å²) >= 11 is 0. The van der Waals surface area contributed by atoms with Gasteiger partial charge in [-0.05, 0) is 46.5 Å². The van der Waals surface area contributed by atoms with Gasteiger partial charge in [0.25, 0.3) is 0 Å². The van der Waals surface area contributed by atoms with Gasteiger partial charge >= 0.3 is 0 Å². The molecule has 0 aliphatic heterocycles. The maximum atomic E-state index is 5.88. The van der Waals surface area contributed by atoms with Gasteiger partial charge < -0.3 is 11.5 Å². The van der Waals surface area contributed by atoms with Crippen LogP contribution in [0, 0.1) is 0 Å². The normalized spacial score (nSPS) is 13.1. The maximum absolute atomic E-state index is 5.88. The number of benzene rings is 4. The number of nitrogens with two attached hydrogens (primary N) is 2. The van der Waals surface area contributed by atoms with Gasteiger partial charge in [0.1, 0.15) is 0 Å². The van der Waals surface area contributed by atoms with Gasteiger partial charge in [-0.3, -0.25) is 0 Å². The van der Waals surface area contributed by atoms with Crippen molar-refractivity contribution in [2.45, 2.75) is 25.9 Å². The van der Waals surface area contributed by atoms with E-state index in [1.807, 2.05) is 38.1 Å². The second kappa shape index (κ2) is 8.13. The van der Waals surface area contributed by atoms with Crippen LogP contribution in [0.1, 0.15) is 37.1 Å². The van der Waals surface area contributed by atoms with E-state index < -0.39 is 0 Å². The second-order valence-electron chi connectivity index (χ2n) is 6.71. The molecule has 4 N–H and O–H groups in total. The van der Waals surface area contributed by atoms with Gasteiger partial charge in [0.15, 0.2) is 0 Å². The van der Waals surface area contributed by atoms with Crippen LogP contribution in [0.25, 0.3) is 21.5 Å². The first-order valence-corrected chi connectivity index (χ1v) is 9.04.